The zero-order valence-electron chi connectivity index (χ0n) is 13.5. The van der Waals surface area contributed by atoms with Crippen LogP contribution in [0.15, 0.2) is 48.5 Å². The summed E-state index contributed by atoms with van der Waals surface area (Å²) in [5, 5.41) is 0. The third kappa shape index (κ3) is 4.47. The standard InChI is InChI=1S/C20H25NO/c1-3-14-22-20-11-6-5-9-17(20)13-12-16-8-7-10-18(15-16)19(21)4-2/h5-13,15,19H,3-4,14,21H2,1-2H3. The van der Waals surface area contributed by atoms with Crippen LogP contribution in [0.25, 0.3) is 12.2 Å². The molecule has 2 aromatic rings. The summed E-state index contributed by atoms with van der Waals surface area (Å²) in [5.74, 6) is 0.932. The largest absolute Gasteiger partial charge is 0.493 e. The number of para-hydroxylation sites is 1. The fourth-order valence-electron chi connectivity index (χ4n) is 2.28. The summed E-state index contributed by atoms with van der Waals surface area (Å²) in [4.78, 5) is 0. The van der Waals surface area contributed by atoms with Gasteiger partial charge in [0.15, 0.2) is 0 Å². The van der Waals surface area contributed by atoms with E-state index in [9.17, 15) is 0 Å². The third-order valence-electron chi connectivity index (χ3n) is 3.61. The van der Waals surface area contributed by atoms with Gasteiger partial charge in [-0.05, 0) is 30.0 Å². The molecule has 2 nitrogen and oxygen atoms in total. The molecule has 0 amide bonds. The maximum Gasteiger partial charge on any atom is 0.126 e. The molecule has 0 aliphatic heterocycles. The highest BCUT2D eigenvalue weighted by Crippen LogP contribution is 2.22. The maximum atomic E-state index is 6.11. The van der Waals surface area contributed by atoms with Gasteiger partial charge in [-0.2, -0.15) is 0 Å². The van der Waals surface area contributed by atoms with Gasteiger partial charge in [0.2, 0.25) is 0 Å². The summed E-state index contributed by atoms with van der Waals surface area (Å²) in [6.45, 7) is 4.96. The fraction of sp³-hybridized carbons (Fsp3) is 0.300. The van der Waals surface area contributed by atoms with E-state index in [1.54, 1.807) is 0 Å². The SMILES string of the molecule is CCCOc1ccccc1C=Cc1cccc(C(N)CC)c1. The van der Waals surface area contributed by atoms with Crippen molar-refractivity contribution in [3.63, 3.8) is 0 Å². The van der Waals surface area contributed by atoms with Gasteiger partial charge in [0.05, 0.1) is 6.61 Å². The number of hydrogen-bond acceptors (Lipinski definition) is 2. The topological polar surface area (TPSA) is 35.2 Å². The predicted molar refractivity (Wildman–Crippen MR) is 94.8 cm³/mol. The first-order valence-corrected chi connectivity index (χ1v) is 8.00. The smallest absolute Gasteiger partial charge is 0.126 e. The van der Waals surface area contributed by atoms with Crippen LogP contribution in [0.1, 0.15) is 49.4 Å². The van der Waals surface area contributed by atoms with Crippen LogP contribution < -0.4 is 10.5 Å². The quantitative estimate of drug-likeness (QED) is 0.725. The van der Waals surface area contributed by atoms with Gasteiger partial charge in [-0.25, -0.2) is 0 Å². The molecule has 2 N–H and O–H groups in total. The Morgan fingerprint density at radius 2 is 1.86 bits per heavy atom. The van der Waals surface area contributed by atoms with Crippen LogP contribution >= 0.6 is 0 Å². The normalized spacial score (nSPS) is 12.5. The Labute approximate surface area is 133 Å². The van der Waals surface area contributed by atoms with Crippen molar-refractivity contribution in [3.8, 4) is 5.75 Å². The lowest BCUT2D eigenvalue weighted by molar-refractivity contribution is 0.317. The van der Waals surface area contributed by atoms with Gasteiger partial charge in [-0.3, -0.25) is 0 Å². The Kier molecular flexibility index (Phi) is 6.23. The monoisotopic (exact) mass is 295 g/mol. The zero-order chi connectivity index (χ0) is 15.8. The summed E-state index contributed by atoms with van der Waals surface area (Å²) >= 11 is 0. The van der Waals surface area contributed by atoms with Gasteiger partial charge >= 0.3 is 0 Å². The number of benzene rings is 2. The molecule has 2 heteroatoms. The van der Waals surface area contributed by atoms with E-state index in [4.69, 9.17) is 10.5 Å². The number of rotatable bonds is 7. The molecule has 0 radical (unpaired) electrons. The highest BCUT2D eigenvalue weighted by Gasteiger charge is 2.03. The van der Waals surface area contributed by atoms with E-state index in [-0.39, 0.29) is 6.04 Å². The summed E-state index contributed by atoms with van der Waals surface area (Å²) in [6, 6.07) is 16.6. The third-order valence-corrected chi connectivity index (χ3v) is 3.61. The van der Waals surface area contributed by atoms with Crippen molar-refractivity contribution in [1.82, 2.24) is 0 Å². The number of hydrogen-bond donors (Lipinski definition) is 1. The average Bonchev–Trinajstić information content (AvgIpc) is 2.58. The van der Waals surface area contributed by atoms with Crippen LogP contribution in [0.2, 0.25) is 0 Å². The first-order valence-electron chi connectivity index (χ1n) is 8.00. The van der Waals surface area contributed by atoms with Crippen molar-refractivity contribution >= 4 is 12.2 Å². The summed E-state index contributed by atoms with van der Waals surface area (Å²) in [6.07, 6.45) is 6.16. The molecule has 0 saturated carbocycles. The van der Waals surface area contributed by atoms with Gasteiger partial charge in [-0.1, -0.05) is 68.5 Å². The number of ether oxygens (including phenoxy) is 1. The Morgan fingerprint density at radius 1 is 1.05 bits per heavy atom. The Bertz CT molecular complexity index is 619. The van der Waals surface area contributed by atoms with Crippen LogP contribution in [0.4, 0.5) is 0 Å². The van der Waals surface area contributed by atoms with Crippen molar-refractivity contribution in [2.24, 2.45) is 5.73 Å². The lowest BCUT2D eigenvalue weighted by Gasteiger charge is -2.10. The Balaban J connectivity index is 2.18. The molecular weight excluding hydrogens is 270 g/mol. The lowest BCUT2D eigenvalue weighted by Crippen LogP contribution is -2.08. The lowest BCUT2D eigenvalue weighted by atomic mass is 10.0. The van der Waals surface area contributed by atoms with E-state index in [2.05, 4.69) is 56.3 Å². The second-order valence-corrected chi connectivity index (χ2v) is 5.40. The van der Waals surface area contributed by atoms with E-state index < -0.39 is 0 Å². The molecule has 0 saturated heterocycles. The van der Waals surface area contributed by atoms with Crippen molar-refractivity contribution in [2.45, 2.75) is 32.7 Å². The molecule has 0 aliphatic rings. The van der Waals surface area contributed by atoms with Gasteiger partial charge < -0.3 is 10.5 Å². The molecule has 0 aliphatic carbocycles. The van der Waals surface area contributed by atoms with Gasteiger partial charge in [-0.15, -0.1) is 0 Å². The van der Waals surface area contributed by atoms with Gasteiger partial charge in [0.25, 0.3) is 0 Å². The predicted octanol–water partition coefficient (Wildman–Crippen LogP) is 5.06. The van der Waals surface area contributed by atoms with E-state index >= 15 is 0 Å². The van der Waals surface area contributed by atoms with E-state index in [1.807, 2.05) is 18.2 Å². The van der Waals surface area contributed by atoms with E-state index in [1.165, 1.54) is 5.56 Å². The summed E-state index contributed by atoms with van der Waals surface area (Å²) in [7, 11) is 0. The van der Waals surface area contributed by atoms with Gasteiger partial charge in [0, 0.05) is 11.6 Å². The van der Waals surface area contributed by atoms with Gasteiger partial charge in [0.1, 0.15) is 5.75 Å². The zero-order valence-corrected chi connectivity index (χ0v) is 13.5. The Morgan fingerprint density at radius 3 is 2.64 bits per heavy atom. The molecular formula is C20H25NO. The van der Waals surface area contributed by atoms with E-state index in [0.717, 1.165) is 36.3 Å². The summed E-state index contributed by atoms with van der Waals surface area (Å²) in [5.41, 5.74) is 9.54. The highest BCUT2D eigenvalue weighted by molar-refractivity contribution is 5.72. The molecule has 22 heavy (non-hydrogen) atoms. The van der Waals surface area contributed by atoms with Crippen LogP contribution in [-0.4, -0.2) is 6.61 Å². The van der Waals surface area contributed by atoms with Crippen LogP contribution in [0, 0.1) is 0 Å². The fourth-order valence-corrected chi connectivity index (χ4v) is 2.28. The first kappa shape index (κ1) is 16.3. The maximum absolute atomic E-state index is 6.11. The van der Waals surface area contributed by atoms with Crippen molar-refractivity contribution in [1.29, 1.82) is 0 Å². The molecule has 0 spiro atoms. The minimum Gasteiger partial charge on any atom is -0.493 e. The van der Waals surface area contributed by atoms with Crippen molar-refractivity contribution in [3.05, 3.63) is 65.2 Å². The van der Waals surface area contributed by atoms with Crippen molar-refractivity contribution < 1.29 is 4.74 Å². The minimum atomic E-state index is 0.105. The highest BCUT2D eigenvalue weighted by atomic mass is 16.5. The molecule has 116 valence electrons. The number of nitrogens with two attached hydrogens (primary N) is 1. The van der Waals surface area contributed by atoms with Crippen LogP contribution in [0.5, 0.6) is 5.75 Å². The van der Waals surface area contributed by atoms with Crippen LogP contribution in [0.3, 0.4) is 0 Å². The molecule has 0 fully saturated rings. The molecule has 0 aromatic heterocycles. The molecule has 0 heterocycles. The summed E-state index contributed by atoms with van der Waals surface area (Å²) < 4.78 is 5.78. The first-order chi connectivity index (χ1) is 10.7. The molecule has 2 aromatic carbocycles. The van der Waals surface area contributed by atoms with Crippen LogP contribution in [-0.2, 0) is 0 Å². The second kappa shape index (κ2) is 8.40. The van der Waals surface area contributed by atoms with E-state index in [0.29, 0.717) is 0 Å². The molecule has 1 atom stereocenters. The average molecular weight is 295 g/mol. The van der Waals surface area contributed by atoms with Crippen molar-refractivity contribution in [2.75, 3.05) is 6.61 Å². The molecule has 1 unspecified atom stereocenters. The Hall–Kier alpha value is -2.06. The molecule has 0 bridgehead atoms. The molecule has 2 rings (SSSR count). The minimum absolute atomic E-state index is 0.105. The second-order valence-electron chi connectivity index (χ2n) is 5.40.